The second-order valence-corrected chi connectivity index (χ2v) is 3.85. The van der Waals surface area contributed by atoms with E-state index in [-0.39, 0.29) is 12.4 Å². The van der Waals surface area contributed by atoms with Crippen molar-refractivity contribution in [3.63, 3.8) is 0 Å². The lowest BCUT2D eigenvalue weighted by atomic mass is 10.2. The Bertz CT molecular complexity index is 475. The highest BCUT2D eigenvalue weighted by atomic mass is 16.6. The number of hydrogen-bond acceptors (Lipinski definition) is 6. The molecule has 18 heavy (non-hydrogen) atoms. The van der Waals surface area contributed by atoms with Crippen LogP contribution in [0, 0.1) is 10.1 Å². The lowest BCUT2D eigenvalue weighted by Crippen LogP contribution is -2.27. The molecule has 1 atom stereocenters. The SMILES string of the molecule is CC(O)CN(C)c1cc(C(=O)O)c([N+](=O)[O-])cn1. The molecule has 1 heterocycles. The molecular formula is C10H13N3O5. The van der Waals surface area contributed by atoms with Crippen LogP contribution in [0.5, 0.6) is 0 Å². The van der Waals surface area contributed by atoms with Crippen molar-refractivity contribution in [1.29, 1.82) is 0 Å². The quantitative estimate of drug-likeness (QED) is 0.581. The number of likely N-dealkylation sites (N-methyl/N-ethyl adjacent to an activating group) is 1. The van der Waals surface area contributed by atoms with Crippen molar-refractivity contribution in [1.82, 2.24) is 4.98 Å². The highest BCUT2D eigenvalue weighted by Crippen LogP contribution is 2.21. The fourth-order valence-corrected chi connectivity index (χ4v) is 1.45. The third kappa shape index (κ3) is 3.14. The standard InChI is InChI=1S/C10H13N3O5/c1-6(14)5-12(2)9-3-7(10(15)16)8(4-11-9)13(17)18/h3-4,6,14H,5H2,1-2H3,(H,15,16). The van der Waals surface area contributed by atoms with E-state index < -0.39 is 28.2 Å². The van der Waals surface area contributed by atoms with Crippen molar-refractivity contribution >= 4 is 17.5 Å². The minimum Gasteiger partial charge on any atom is -0.477 e. The Morgan fingerprint density at radius 3 is 2.72 bits per heavy atom. The molecule has 0 aliphatic rings. The maximum Gasteiger partial charge on any atom is 0.342 e. The van der Waals surface area contributed by atoms with Crippen LogP contribution >= 0.6 is 0 Å². The lowest BCUT2D eigenvalue weighted by molar-refractivity contribution is -0.385. The maximum absolute atomic E-state index is 10.9. The van der Waals surface area contributed by atoms with Crippen molar-refractivity contribution in [2.24, 2.45) is 0 Å². The third-order valence-corrected chi connectivity index (χ3v) is 2.22. The molecule has 8 heteroatoms. The molecule has 0 aromatic carbocycles. The molecule has 1 aromatic rings. The number of pyridine rings is 1. The molecule has 2 N–H and O–H groups in total. The summed E-state index contributed by atoms with van der Waals surface area (Å²) >= 11 is 0. The van der Waals surface area contributed by atoms with E-state index >= 15 is 0 Å². The zero-order chi connectivity index (χ0) is 13.9. The van der Waals surface area contributed by atoms with Crippen LogP contribution in [0.3, 0.4) is 0 Å². The van der Waals surface area contributed by atoms with Crippen LogP contribution < -0.4 is 4.90 Å². The van der Waals surface area contributed by atoms with Gasteiger partial charge in [0.05, 0.1) is 11.0 Å². The number of nitrogens with zero attached hydrogens (tertiary/aromatic N) is 3. The molecule has 8 nitrogen and oxygen atoms in total. The van der Waals surface area contributed by atoms with E-state index in [1.807, 2.05) is 0 Å². The Morgan fingerprint density at radius 1 is 1.67 bits per heavy atom. The average molecular weight is 255 g/mol. The Labute approximate surface area is 103 Å². The van der Waals surface area contributed by atoms with Crippen LogP contribution in [0.15, 0.2) is 12.3 Å². The number of aromatic carboxylic acids is 1. The summed E-state index contributed by atoms with van der Waals surface area (Å²) in [6.07, 6.45) is 0.275. The second kappa shape index (κ2) is 5.41. The predicted octanol–water partition coefficient (Wildman–Crippen LogP) is 0.505. The van der Waals surface area contributed by atoms with Gasteiger partial charge in [0.25, 0.3) is 0 Å². The summed E-state index contributed by atoms with van der Waals surface area (Å²) in [4.78, 5) is 26.1. The number of aliphatic hydroxyl groups is 1. The van der Waals surface area contributed by atoms with E-state index in [4.69, 9.17) is 5.11 Å². The van der Waals surface area contributed by atoms with Crippen molar-refractivity contribution in [2.45, 2.75) is 13.0 Å². The minimum atomic E-state index is -1.39. The Morgan fingerprint density at radius 2 is 2.28 bits per heavy atom. The number of aromatic nitrogens is 1. The van der Waals surface area contributed by atoms with Gasteiger partial charge in [-0.25, -0.2) is 9.78 Å². The molecule has 0 spiro atoms. The summed E-state index contributed by atoms with van der Waals surface area (Å²) in [5.41, 5.74) is -0.987. The van der Waals surface area contributed by atoms with E-state index in [0.717, 1.165) is 12.3 Å². The first kappa shape index (κ1) is 13.8. The van der Waals surface area contributed by atoms with E-state index in [0.29, 0.717) is 0 Å². The molecule has 0 aliphatic heterocycles. The highest BCUT2D eigenvalue weighted by Gasteiger charge is 2.22. The monoisotopic (exact) mass is 255 g/mol. The fourth-order valence-electron chi connectivity index (χ4n) is 1.45. The predicted molar refractivity (Wildman–Crippen MR) is 62.8 cm³/mol. The van der Waals surface area contributed by atoms with Gasteiger partial charge in [0.1, 0.15) is 17.6 Å². The number of carbonyl (C=O) groups is 1. The molecule has 0 saturated heterocycles. The lowest BCUT2D eigenvalue weighted by Gasteiger charge is -2.19. The molecule has 0 amide bonds. The van der Waals surface area contributed by atoms with Gasteiger partial charge in [-0.1, -0.05) is 0 Å². The van der Waals surface area contributed by atoms with Crippen molar-refractivity contribution in [2.75, 3.05) is 18.5 Å². The molecule has 0 aliphatic carbocycles. The fraction of sp³-hybridized carbons (Fsp3) is 0.400. The summed E-state index contributed by atoms with van der Waals surface area (Å²) in [5, 5.41) is 28.7. The van der Waals surface area contributed by atoms with E-state index in [2.05, 4.69) is 4.98 Å². The number of carboxylic acids is 1. The van der Waals surface area contributed by atoms with Crippen LogP contribution in [0.1, 0.15) is 17.3 Å². The van der Waals surface area contributed by atoms with E-state index in [9.17, 15) is 20.0 Å². The van der Waals surface area contributed by atoms with Gasteiger partial charge in [-0.05, 0) is 6.92 Å². The molecule has 1 rings (SSSR count). The topological polar surface area (TPSA) is 117 Å². The van der Waals surface area contributed by atoms with E-state index in [1.165, 1.54) is 4.90 Å². The van der Waals surface area contributed by atoms with Crippen molar-refractivity contribution in [3.05, 3.63) is 27.9 Å². The van der Waals surface area contributed by atoms with Crippen LogP contribution in [-0.4, -0.2) is 45.8 Å². The van der Waals surface area contributed by atoms with Crippen LogP contribution in [0.25, 0.3) is 0 Å². The molecule has 0 radical (unpaired) electrons. The molecule has 0 fully saturated rings. The van der Waals surface area contributed by atoms with Gasteiger partial charge in [0, 0.05) is 19.7 Å². The normalized spacial score (nSPS) is 11.9. The first-order valence-corrected chi connectivity index (χ1v) is 5.10. The number of carboxylic acid groups (broad SMARTS) is 1. The minimum absolute atomic E-state index is 0.240. The van der Waals surface area contributed by atoms with Crippen molar-refractivity contribution in [3.8, 4) is 0 Å². The van der Waals surface area contributed by atoms with E-state index in [1.54, 1.807) is 14.0 Å². The van der Waals surface area contributed by atoms with Gasteiger partial charge in [-0.2, -0.15) is 0 Å². The van der Waals surface area contributed by atoms with Gasteiger partial charge in [0.2, 0.25) is 0 Å². The highest BCUT2D eigenvalue weighted by molar-refractivity contribution is 5.93. The van der Waals surface area contributed by atoms with Crippen LogP contribution in [-0.2, 0) is 0 Å². The smallest absolute Gasteiger partial charge is 0.342 e. The molecular weight excluding hydrogens is 242 g/mol. The first-order chi connectivity index (χ1) is 8.32. The summed E-state index contributed by atoms with van der Waals surface area (Å²) < 4.78 is 0. The van der Waals surface area contributed by atoms with Gasteiger partial charge < -0.3 is 15.1 Å². The van der Waals surface area contributed by atoms with Gasteiger partial charge in [-0.3, -0.25) is 10.1 Å². The Balaban J connectivity index is 3.15. The van der Waals surface area contributed by atoms with Gasteiger partial charge in [-0.15, -0.1) is 0 Å². The van der Waals surface area contributed by atoms with Gasteiger partial charge in [0.15, 0.2) is 0 Å². The molecule has 98 valence electrons. The zero-order valence-corrected chi connectivity index (χ0v) is 9.90. The third-order valence-electron chi connectivity index (χ3n) is 2.22. The second-order valence-electron chi connectivity index (χ2n) is 3.85. The maximum atomic E-state index is 10.9. The number of anilines is 1. The number of nitro groups is 1. The van der Waals surface area contributed by atoms with Crippen LogP contribution in [0.2, 0.25) is 0 Å². The number of aliphatic hydroxyl groups excluding tert-OH is 1. The average Bonchev–Trinajstić information content (AvgIpc) is 2.26. The largest absolute Gasteiger partial charge is 0.477 e. The zero-order valence-electron chi connectivity index (χ0n) is 9.90. The van der Waals surface area contributed by atoms with Crippen molar-refractivity contribution < 1.29 is 19.9 Å². The van der Waals surface area contributed by atoms with Gasteiger partial charge >= 0.3 is 11.7 Å². The summed E-state index contributed by atoms with van der Waals surface area (Å²) in [6, 6.07) is 1.11. The first-order valence-electron chi connectivity index (χ1n) is 5.10. The number of hydrogen-bond donors (Lipinski definition) is 2. The molecule has 0 saturated carbocycles. The molecule has 0 bridgehead atoms. The summed E-state index contributed by atoms with van der Waals surface area (Å²) in [5.74, 6) is -1.14. The Hall–Kier alpha value is -2.22. The molecule has 1 aromatic heterocycles. The number of rotatable bonds is 5. The van der Waals surface area contributed by atoms with Crippen LogP contribution in [0.4, 0.5) is 11.5 Å². The molecule has 1 unspecified atom stereocenters. The Kier molecular flexibility index (Phi) is 4.16. The summed E-state index contributed by atoms with van der Waals surface area (Å²) in [7, 11) is 1.60. The summed E-state index contributed by atoms with van der Waals surface area (Å²) in [6.45, 7) is 1.81.